The second-order valence-corrected chi connectivity index (χ2v) is 10.5. The molecule has 3 aliphatic rings. The van der Waals surface area contributed by atoms with Gasteiger partial charge < -0.3 is 35.0 Å². The van der Waals surface area contributed by atoms with Gasteiger partial charge in [-0.1, -0.05) is 20.8 Å². The number of aliphatic hydroxyl groups excluding tert-OH is 2. The average Bonchev–Trinajstić information content (AvgIpc) is 2.88. The lowest BCUT2D eigenvalue weighted by Gasteiger charge is -2.66. The lowest BCUT2D eigenvalue weighted by molar-refractivity contribution is -0.276. The summed E-state index contributed by atoms with van der Waals surface area (Å²) in [7, 11) is 1.45. The summed E-state index contributed by atoms with van der Waals surface area (Å²) in [6.07, 6.45) is -0.00892. The molecule has 6 atom stereocenters. The van der Waals surface area contributed by atoms with Crippen LogP contribution < -0.4 is 4.74 Å². The summed E-state index contributed by atoms with van der Waals surface area (Å²) in [6, 6.07) is 2.90. The maximum absolute atomic E-state index is 12.9. The van der Waals surface area contributed by atoms with Crippen LogP contribution in [0.5, 0.6) is 11.5 Å². The molecule has 4 rings (SSSR count). The maximum atomic E-state index is 12.9. The average molecular weight is 449 g/mol. The number of carbonyl (C=O) groups excluding carboxylic acids is 1. The van der Waals surface area contributed by atoms with Crippen molar-refractivity contribution in [2.24, 2.45) is 16.7 Å². The zero-order valence-corrected chi connectivity index (χ0v) is 19.0. The number of carbonyl (C=O) groups is 1. The molecule has 0 aromatic heterocycles. The molecule has 0 unspecified atom stereocenters. The van der Waals surface area contributed by atoms with Gasteiger partial charge in [-0.2, -0.15) is 0 Å². The Labute approximate surface area is 187 Å². The molecule has 1 aromatic carbocycles. The highest BCUT2D eigenvalue weighted by atomic mass is 16.6. The summed E-state index contributed by atoms with van der Waals surface area (Å²) >= 11 is 0. The quantitative estimate of drug-likeness (QED) is 0.345. The fourth-order valence-corrected chi connectivity index (χ4v) is 6.59. The van der Waals surface area contributed by atoms with Crippen molar-refractivity contribution in [3.63, 3.8) is 0 Å². The van der Waals surface area contributed by atoms with Gasteiger partial charge in [0.1, 0.15) is 28.8 Å². The third kappa shape index (κ3) is 2.79. The minimum atomic E-state index is -1.76. The fourth-order valence-electron chi connectivity index (χ4n) is 6.59. The summed E-state index contributed by atoms with van der Waals surface area (Å²) in [5.74, 6) is -1.42. The van der Waals surface area contributed by atoms with Gasteiger partial charge in [-0.25, -0.2) is 4.79 Å². The summed E-state index contributed by atoms with van der Waals surface area (Å²) in [5, 5.41) is 54.5. The Morgan fingerprint density at radius 2 is 1.88 bits per heavy atom. The Morgan fingerprint density at radius 3 is 2.44 bits per heavy atom. The van der Waals surface area contributed by atoms with Gasteiger partial charge in [0, 0.05) is 17.4 Å². The molecule has 8 nitrogen and oxygen atoms in total. The first-order valence-electron chi connectivity index (χ1n) is 10.8. The predicted molar refractivity (Wildman–Crippen MR) is 114 cm³/mol. The number of hydrogen-bond acceptors (Lipinski definition) is 8. The van der Waals surface area contributed by atoms with E-state index in [2.05, 4.69) is 0 Å². The van der Waals surface area contributed by atoms with Gasteiger partial charge >= 0.3 is 5.97 Å². The molecule has 0 radical (unpaired) electrons. The number of aromatic hydroxyl groups is 1. The van der Waals surface area contributed by atoms with Crippen LogP contribution in [0.2, 0.25) is 0 Å². The lowest BCUT2D eigenvalue weighted by atomic mass is 9.43. The molecule has 0 bridgehead atoms. The molecule has 2 fully saturated rings. The Bertz CT molecular complexity index is 977. The summed E-state index contributed by atoms with van der Waals surface area (Å²) in [6.45, 7) is 6.56. The summed E-state index contributed by atoms with van der Waals surface area (Å²) in [4.78, 5) is 12.9. The predicted octanol–water partition coefficient (Wildman–Crippen LogP) is 1.45. The van der Waals surface area contributed by atoms with E-state index in [4.69, 9.17) is 9.47 Å². The van der Waals surface area contributed by atoms with Crippen LogP contribution in [0.3, 0.4) is 0 Å². The van der Waals surface area contributed by atoms with Gasteiger partial charge in [-0.05, 0) is 48.5 Å². The smallest absolute Gasteiger partial charge is 0.342 e. The van der Waals surface area contributed by atoms with Crippen LogP contribution >= 0.6 is 0 Å². The third-order valence-corrected chi connectivity index (χ3v) is 8.09. The molecule has 0 amide bonds. The first kappa shape index (κ1) is 23.0. The Hall–Kier alpha value is -2.13. The zero-order valence-electron chi connectivity index (χ0n) is 19.0. The number of methoxy groups -OCH3 is 1. The van der Waals surface area contributed by atoms with Crippen LogP contribution in [0.1, 0.15) is 49.5 Å². The minimum Gasteiger partial charge on any atom is -0.507 e. The SMILES string of the molecule is COc1cc(C)c(C(=O)O[C@@H]2C[C@]3(C)[C@H]4[C@@H](O)C(C)(C)C[C@@]4(O)C=C(CO)[C@]23O)c(O)c1. The lowest BCUT2D eigenvalue weighted by Crippen LogP contribution is -2.76. The van der Waals surface area contributed by atoms with Crippen LogP contribution in [-0.4, -0.2) is 68.6 Å². The van der Waals surface area contributed by atoms with Crippen LogP contribution in [0, 0.1) is 23.7 Å². The highest BCUT2D eigenvalue weighted by Gasteiger charge is 2.77. The number of ether oxygens (including phenoxy) is 2. The molecule has 0 spiro atoms. The van der Waals surface area contributed by atoms with Crippen LogP contribution in [-0.2, 0) is 4.74 Å². The number of benzene rings is 1. The largest absolute Gasteiger partial charge is 0.507 e. The molecule has 5 N–H and O–H groups in total. The second-order valence-electron chi connectivity index (χ2n) is 10.5. The van der Waals surface area contributed by atoms with Crippen molar-refractivity contribution < 1.29 is 39.8 Å². The highest BCUT2D eigenvalue weighted by molar-refractivity contribution is 5.94. The molecule has 176 valence electrons. The minimum absolute atomic E-state index is 0.0353. The number of aliphatic hydroxyl groups is 4. The van der Waals surface area contributed by atoms with Gasteiger partial charge in [0.2, 0.25) is 0 Å². The standard InChI is InChI=1S/C24H32O8/c1-12-6-14(31-5)7-15(26)17(12)20(28)32-16-9-22(4)18-19(27)21(2,3)11-23(18,29)8-13(10-25)24(16,22)30/h6-8,16,18-19,25-27,29-30H,9-11H2,1-5H3/t16-,18-,19-,22-,23+,24+/m1/s1. The number of rotatable bonds is 4. The molecular weight excluding hydrogens is 416 g/mol. The Kier molecular flexibility index (Phi) is 4.99. The number of hydrogen-bond donors (Lipinski definition) is 5. The molecule has 1 aromatic rings. The molecule has 3 aliphatic carbocycles. The molecule has 2 saturated carbocycles. The van der Waals surface area contributed by atoms with Crippen molar-refractivity contribution in [1.29, 1.82) is 0 Å². The van der Waals surface area contributed by atoms with E-state index in [1.807, 2.05) is 13.8 Å². The molecule has 32 heavy (non-hydrogen) atoms. The third-order valence-electron chi connectivity index (χ3n) is 8.09. The first-order valence-corrected chi connectivity index (χ1v) is 10.8. The number of esters is 1. The van der Waals surface area contributed by atoms with Crippen molar-refractivity contribution in [1.82, 2.24) is 0 Å². The number of phenols is 1. The van der Waals surface area contributed by atoms with Crippen LogP contribution in [0.15, 0.2) is 23.8 Å². The van der Waals surface area contributed by atoms with Crippen molar-refractivity contribution >= 4 is 5.97 Å². The Balaban J connectivity index is 1.69. The first-order chi connectivity index (χ1) is 14.7. The number of fused-ring (bicyclic) bond motifs is 3. The highest BCUT2D eigenvalue weighted by Crippen LogP contribution is 2.69. The molecule has 0 aliphatic heterocycles. The second kappa shape index (κ2) is 6.93. The monoisotopic (exact) mass is 448 g/mol. The molecule has 8 heteroatoms. The van der Waals surface area contributed by atoms with E-state index < -0.39 is 52.7 Å². The van der Waals surface area contributed by atoms with Crippen LogP contribution in [0.25, 0.3) is 0 Å². The van der Waals surface area contributed by atoms with Gasteiger partial charge in [0.05, 0.1) is 25.4 Å². The van der Waals surface area contributed by atoms with Crippen molar-refractivity contribution in [2.45, 2.75) is 63.9 Å². The molecule has 0 heterocycles. The number of phenolic OH excluding ortho intramolecular Hbond substituents is 1. The molecule has 0 saturated heterocycles. The van der Waals surface area contributed by atoms with E-state index >= 15 is 0 Å². The Morgan fingerprint density at radius 1 is 1.22 bits per heavy atom. The van der Waals surface area contributed by atoms with E-state index in [-0.39, 0.29) is 29.7 Å². The fraction of sp³-hybridized carbons (Fsp3) is 0.625. The number of aryl methyl sites for hydroxylation is 1. The van der Waals surface area contributed by atoms with Crippen LogP contribution in [0.4, 0.5) is 0 Å². The molecular formula is C24H32O8. The van der Waals surface area contributed by atoms with E-state index in [1.54, 1.807) is 19.9 Å². The van der Waals surface area contributed by atoms with E-state index in [1.165, 1.54) is 19.3 Å². The van der Waals surface area contributed by atoms with E-state index in [9.17, 15) is 30.3 Å². The zero-order chi connectivity index (χ0) is 23.9. The van der Waals surface area contributed by atoms with E-state index in [0.717, 1.165) is 0 Å². The van der Waals surface area contributed by atoms with E-state index in [0.29, 0.717) is 11.3 Å². The van der Waals surface area contributed by atoms with Crippen molar-refractivity contribution in [2.75, 3.05) is 13.7 Å². The van der Waals surface area contributed by atoms with Gasteiger partial charge in [0.25, 0.3) is 0 Å². The topological polar surface area (TPSA) is 137 Å². The summed E-state index contributed by atoms with van der Waals surface area (Å²) < 4.78 is 10.7. The van der Waals surface area contributed by atoms with Crippen molar-refractivity contribution in [3.05, 3.63) is 34.9 Å². The van der Waals surface area contributed by atoms with Gasteiger partial charge in [-0.15, -0.1) is 0 Å². The maximum Gasteiger partial charge on any atom is 0.342 e. The normalized spacial score (nSPS) is 39.4. The summed E-state index contributed by atoms with van der Waals surface area (Å²) in [5.41, 5.74) is -4.18. The van der Waals surface area contributed by atoms with Crippen molar-refractivity contribution in [3.8, 4) is 11.5 Å². The van der Waals surface area contributed by atoms with Gasteiger partial charge in [-0.3, -0.25) is 0 Å². The van der Waals surface area contributed by atoms with Gasteiger partial charge in [0.15, 0.2) is 0 Å².